The summed E-state index contributed by atoms with van der Waals surface area (Å²) in [5.74, 6) is 0.270. The van der Waals surface area contributed by atoms with Gasteiger partial charge in [0.1, 0.15) is 0 Å². The summed E-state index contributed by atoms with van der Waals surface area (Å²) in [6.07, 6.45) is 0. The minimum absolute atomic E-state index is 0.212. The summed E-state index contributed by atoms with van der Waals surface area (Å²) in [5.41, 5.74) is 0.960. The minimum atomic E-state index is 0.212. The van der Waals surface area contributed by atoms with Crippen molar-refractivity contribution in [2.75, 3.05) is 6.61 Å². The lowest BCUT2D eigenvalue weighted by atomic mass is 10.1. The summed E-state index contributed by atoms with van der Waals surface area (Å²) in [6, 6.07) is 0.298. The third-order valence-corrected chi connectivity index (χ3v) is 2.71. The van der Waals surface area contributed by atoms with E-state index < -0.39 is 0 Å². The van der Waals surface area contributed by atoms with Crippen molar-refractivity contribution in [3.8, 4) is 0 Å². The van der Waals surface area contributed by atoms with Gasteiger partial charge < -0.3 is 10.4 Å². The SMILES string of the molecule is CC(CO)C(C)NCc1csnn1. The Labute approximate surface area is 82.2 Å². The molecule has 0 aliphatic carbocycles. The number of hydrogen-bond acceptors (Lipinski definition) is 5. The molecular weight excluding hydrogens is 186 g/mol. The maximum absolute atomic E-state index is 8.90. The van der Waals surface area contributed by atoms with Crippen molar-refractivity contribution >= 4 is 11.5 Å². The van der Waals surface area contributed by atoms with Crippen molar-refractivity contribution in [1.82, 2.24) is 14.9 Å². The molecule has 2 N–H and O–H groups in total. The van der Waals surface area contributed by atoms with E-state index in [1.54, 1.807) is 0 Å². The van der Waals surface area contributed by atoms with E-state index in [0.717, 1.165) is 12.2 Å². The molecule has 1 rings (SSSR count). The monoisotopic (exact) mass is 201 g/mol. The Morgan fingerprint density at radius 3 is 2.92 bits per heavy atom. The van der Waals surface area contributed by atoms with Crippen LogP contribution in [0.2, 0.25) is 0 Å². The summed E-state index contributed by atoms with van der Waals surface area (Å²) in [7, 11) is 0. The van der Waals surface area contributed by atoms with Crippen molar-refractivity contribution in [3.05, 3.63) is 11.1 Å². The fourth-order valence-corrected chi connectivity index (χ4v) is 1.34. The molecule has 0 fully saturated rings. The first-order valence-electron chi connectivity index (χ1n) is 4.34. The number of hydrogen-bond donors (Lipinski definition) is 2. The van der Waals surface area contributed by atoms with E-state index in [9.17, 15) is 0 Å². The van der Waals surface area contributed by atoms with Gasteiger partial charge in [-0.3, -0.25) is 0 Å². The second-order valence-electron chi connectivity index (χ2n) is 3.23. The van der Waals surface area contributed by atoms with E-state index in [4.69, 9.17) is 5.11 Å². The predicted molar refractivity (Wildman–Crippen MR) is 52.5 cm³/mol. The molecule has 5 heteroatoms. The second kappa shape index (κ2) is 5.26. The molecule has 0 amide bonds. The molecule has 0 bridgehead atoms. The van der Waals surface area contributed by atoms with E-state index in [0.29, 0.717) is 6.04 Å². The summed E-state index contributed by atoms with van der Waals surface area (Å²) >= 11 is 1.35. The lowest BCUT2D eigenvalue weighted by molar-refractivity contribution is 0.207. The van der Waals surface area contributed by atoms with Crippen LogP contribution in [0.3, 0.4) is 0 Å². The average Bonchev–Trinajstić information content (AvgIpc) is 2.65. The Hall–Kier alpha value is -0.520. The second-order valence-corrected chi connectivity index (χ2v) is 3.84. The van der Waals surface area contributed by atoms with Crippen LogP contribution in [0.5, 0.6) is 0 Å². The van der Waals surface area contributed by atoms with Crippen LogP contribution in [-0.2, 0) is 6.54 Å². The van der Waals surface area contributed by atoms with Crippen LogP contribution in [0.25, 0.3) is 0 Å². The molecule has 1 aromatic rings. The Bertz CT molecular complexity index is 227. The van der Waals surface area contributed by atoms with Crippen molar-refractivity contribution in [1.29, 1.82) is 0 Å². The highest BCUT2D eigenvalue weighted by molar-refractivity contribution is 7.03. The van der Waals surface area contributed by atoms with E-state index >= 15 is 0 Å². The smallest absolute Gasteiger partial charge is 0.0893 e. The molecule has 0 saturated heterocycles. The predicted octanol–water partition coefficient (Wildman–Crippen LogP) is 0.645. The number of aliphatic hydroxyl groups is 1. The molecular formula is C8H15N3OS. The molecule has 4 nitrogen and oxygen atoms in total. The molecule has 0 radical (unpaired) electrons. The number of nitrogens with zero attached hydrogens (tertiary/aromatic N) is 2. The van der Waals surface area contributed by atoms with Gasteiger partial charge in [-0.15, -0.1) is 5.10 Å². The molecule has 1 heterocycles. The molecule has 0 aliphatic heterocycles. The lowest BCUT2D eigenvalue weighted by Crippen LogP contribution is -2.33. The van der Waals surface area contributed by atoms with Gasteiger partial charge in [-0.25, -0.2) is 0 Å². The number of aromatic nitrogens is 2. The first-order chi connectivity index (χ1) is 6.24. The standard InChI is InChI=1S/C8H15N3OS/c1-6(4-12)7(2)9-3-8-5-13-11-10-8/h5-7,9,12H,3-4H2,1-2H3. The third kappa shape index (κ3) is 3.38. The summed E-state index contributed by atoms with van der Waals surface area (Å²) < 4.78 is 3.77. The molecule has 0 spiro atoms. The maximum Gasteiger partial charge on any atom is 0.0893 e. The molecule has 2 unspecified atom stereocenters. The number of rotatable bonds is 5. The first kappa shape index (κ1) is 10.6. The number of aliphatic hydroxyl groups excluding tert-OH is 1. The molecule has 0 aliphatic rings. The largest absolute Gasteiger partial charge is 0.396 e. The quantitative estimate of drug-likeness (QED) is 0.734. The van der Waals surface area contributed by atoms with Crippen LogP contribution in [0, 0.1) is 5.92 Å². The van der Waals surface area contributed by atoms with E-state index in [1.807, 2.05) is 12.3 Å². The Balaban J connectivity index is 2.26. The van der Waals surface area contributed by atoms with Gasteiger partial charge in [0.15, 0.2) is 0 Å². The highest BCUT2D eigenvalue weighted by atomic mass is 32.1. The first-order valence-corrected chi connectivity index (χ1v) is 5.18. The van der Waals surface area contributed by atoms with Crippen LogP contribution >= 0.6 is 11.5 Å². The van der Waals surface area contributed by atoms with Crippen molar-refractivity contribution in [2.45, 2.75) is 26.4 Å². The molecule has 2 atom stereocenters. The fraction of sp³-hybridized carbons (Fsp3) is 0.750. The zero-order valence-corrected chi connectivity index (χ0v) is 8.71. The number of nitrogens with one attached hydrogen (secondary N) is 1. The van der Waals surface area contributed by atoms with Gasteiger partial charge >= 0.3 is 0 Å². The van der Waals surface area contributed by atoms with E-state index in [2.05, 4.69) is 21.8 Å². The van der Waals surface area contributed by atoms with Crippen LogP contribution in [0.1, 0.15) is 19.5 Å². The van der Waals surface area contributed by atoms with Crippen molar-refractivity contribution in [3.63, 3.8) is 0 Å². The van der Waals surface area contributed by atoms with Crippen LogP contribution in [0.15, 0.2) is 5.38 Å². The van der Waals surface area contributed by atoms with Crippen LogP contribution in [-0.4, -0.2) is 27.3 Å². The summed E-state index contributed by atoms with van der Waals surface area (Å²) in [5, 5.41) is 18.0. The maximum atomic E-state index is 8.90. The summed E-state index contributed by atoms with van der Waals surface area (Å²) in [4.78, 5) is 0. The third-order valence-electron chi connectivity index (χ3n) is 2.15. The zero-order chi connectivity index (χ0) is 9.68. The molecule has 1 aromatic heterocycles. The Morgan fingerprint density at radius 2 is 2.38 bits per heavy atom. The molecule has 0 aromatic carbocycles. The van der Waals surface area contributed by atoms with Gasteiger partial charge in [-0.05, 0) is 24.4 Å². The average molecular weight is 201 g/mol. The topological polar surface area (TPSA) is 58.0 Å². The van der Waals surface area contributed by atoms with Crippen LogP contribution in [0.4, 0.5) is 0 Å². The Kier molecular flexibility index (Phi) is 4.27. The van der Waals surface area contributed by atoms with Gasteiger partial charge in [0.25, 0.3) is 0 Å². The van der Waals surface area contributed by atoms with Crippen molar-refractivity contribution < 1.29 is 5.11 Å². The van der Waals surface area contributed by atoms with E-state index in [1.165, 1.54) is 11.5 Å². The van der Waals surface area contributed by atoms with Crippen molar-refractivity contribution in [2.24, 2.45) is 5.92 Å². The Morgan fingerprint density at radius 1 is 1.62 bits per heavy atom. The normalized spacial score (nSPS) is 15.6. The zero-order valence-electron chi connectivity index (χ0n) is 7.90. The highest BCUT2D eigenvalue weighted by Crippen LogP contribution is 2.02. The molecule has 13 heavy (non-hydrogen) atoms. The highest BCUT2D eigenvalue weighted by Gasteiger charge is 2.10. The van der Waals surface area contributed by atoms with Gasteiger partial charge in [0, 0.05) is 24.6 Å². The summed E-state index contributed by atoms with van der Waals surface area (Å²) in [6.45, 7) is 5.00. The fourth-order valence-electron chi connectivity index (χ4n) is 0.886. The lowest BCUT2D eigenvalue weighted by Gasteiger charge is -2.18. The van der Waals surface area contributed by atoms with Crippen LogP contribution < -0.4 is 5.32 Å². The molecule has 0 saturated carbocycles. The van der Waals surface area contributed by atoms with E-state index in [-0.39, 0.29) is 12.5 Å². The van der Waals surface area contributed by atoms with Gasteiger partial charge in [-0.1, -0.05) is 11.4 Å². The van der Waals surface area contributed by atoms with Gasteiger partial charge in [0.05, 0.1) is 5.69 Å². The van der Waals surface area contributed by atoms with Gasteiger partial charge in [0.2, 0.25) is 0 Å². The van der Waals surface area contributed by atoms with Gasteiger partial charge in [-0.2, -0.15) is 0 Å². The minimum Gasteiger partial charge on any atom is -0.396 e. The molecule has 74 valence electrons.